The van der Waals surface area contributed by atoms with Gasteiger partial charge < -0.3 is 11.1 Å². The molecule has 0 fully saturated rings. The molecule has 0 unspecified atom stereocenters. The lowest BCUT2D eigenvalue weighted by atomic mass is 9.88. The number of benzene rings is 1. The number of ketones is 2. The molecule has 1 aromatic carbocycles. The third kappa shape index (κ3) is 2.09. The van der Waals surface area contributed by atoms with E-state index in [1.165, 1.54) is 0 Å². The van der Waals surface area contributed by atoms with Crippen LogP contribution in [0.1, 0.15) is 38.1 Å². The van der Waals surface area contributed by atoms with Crippen molar-refractivity contribution >= 4 is 34.5 Å². The highest BCUT2D eigenvalue weighted by Gasteiger charge is 2.33. The van der Waals surface area contributed by atoms with Gasteiger partial charge in [-0.3, -0.25) is 14.4 Å². The minimum absolute atomic E-state index is 0.188. The minimum Gasteiger partial charge on any atom is -0.323 e. The Kier molecular flexibility index (Phi) is 3.19. The van der Waals surface area contributed by atoms with E-state index in [2.05, 4.69) is 5.32 Å². The second-order valence-corrected chi connectivity index (χ2v) is 5.71. The van der Waals surface area contributed by atoms with Crippen LogP contribution in [-0.4, -0.2) is 23.5 Å². The van der Waals surface area contributed by atoms with Crippen molar-refractivity contribution in [1.82, 2.24) is 0 Å². The molecule has 0 saturated carbocycles. The van der Waals surface area contributed by atoms with Crippen LogP contribution in [0.5, 0.6) is 0 Å². The number of thiophene rings is 1. The number of carbonyl (C=O) groups is 3. The highest BCUT2D eigenvalue weighted by Crippen LogP contribution is 2.36. The molecular formula is C15H12N2O3S. The molecule has 0 spiro atoms. The first kappa shape index (κ1) is 13.7. The average Bonchev–Trinajstić information content (AvgIpc) is 2.89. The number of nitrogens with two attached hydrogens (primary N) is 1. The maximum atomic E-state index is 12.6. The summed E-state index contributed by atoms with van der Waals surface area (Å²) in [5.74, 6) is -0.831. The predicted octanol–water partition coefficient (Wildman–Crippen LogP) is 1.81. The van der Waals surface area contributed by atoms with Crippen molar-refractivity contribution in [3.63, 3.8) is 0 Å². The fourth-order valence-corrected chi connectivity index (χ4v) is 3.18. The molecule has 106 valence electrons. The zero-order chi connectivity index (χ0) is 15.1. The van der Waals surface area contributed by atoms with Gasteiger partial charge >= 0.3 is 0 Å². The number of hydrogen-bond donors (Lipinski definition) is 2. The molecule has 1 atom stereocenters. The maximum absolute atomic E-state index is 12.6. The SMILES string of the molecule is C[C@H](N)C(=O)Nc1csc2c1C(=O)c1ccccc1C2=O. The van der Waals surface area contributed by atoms with E-state index in [9.17, 15) is 14.4 Å². The van der Waals surface area contributed by atoms with Crippen LogP contribution in [0.15, 0.2) is 29.6 Å². The zero-order valence-corrected chi connectivity index (χ0v) is 12.0. The second-order valence-electron chi connectivity index (χ2n) is 4.84. The number of carbonyl (C=O) groups excluding carboxylic acids is 3. The predicted molar refractivity (Wildman–Crippen MR) is 79.9 cm³/mol. The van der Waals surface area contributed by atoms with E-state index in [0.29, 0.717) is 21.7 Å². The van der Waals surface area contributed by atoms with Gasteiger partial charge in [0.05, 0.1) is 22.2 Å². The van der Waals surface area contributed by atoms with Gasteiger partial charge in [-0.15, -0.1) is 11.3 Å². The van der Waals surface area contributed by atoms with E-state index in [-0.39, 0.29) is 17.1 Å². The Morgan fingerprint density at radius 2 is 1.81 bits per heavy atom. The van der Waals surface area contributed by atoms with Gasteiger partial charge in [-0.2, -0.15) is 0 Å². The molecule has 1 aromatic heterocycles. The summed E-state index contributed by atoms with van der Waals surface area (Å²) in [4.78, 5) is 37.0. The Morgan fingerprint density at radius 1 is 1.19 bits per heavy atom. The molecular weight excluding hydrogens is 288 g/mol. The van der Waals surface area contributed by atoms with Crippen LogP contribution in [0.25, 0.3) is 0 Å². The summed E-state index contributed by atoms with van der Waals surface area (Å²) >= 11 is 1.16. The molecule has 1 aliphatic rings. The lowest BCUT2D eigenvalue weighted by molar-refractivity contribution is -0.117. The van der Waals surface area contributed by atoms with Crippen LogP contribution in [0, 0.1) is 0 Å². The van der Waals surface area contributed by atoms with Crippen molar-refractivity contribution in [2.75, 3.05) is 5.32 Å². The molecule has 3 rings (SSSR count). The topological polar surface area (TPSA) is 89.3 Å². The second kappa shape index (κ2) is 4.91. The molecule has 6 heteroatoms. The smallest absolute Gasteiger partial charge is 0.241 e. The van der Waals surface area contributed by atoms with Gasteiger partial charge in [0.15, 0.2) is 5.78 Å². The molecule has 0 radical (unpaired) electrons. The van der Waals surface area contributed by atoms with Gasteiger partial charge in [-0.05, 0) is 6.92 Å². The lowest BCUT2D eigenvalue weighted by Gasteiger charge is -2.15. The Morgan fingerprint density at radius 3 is 2.43 bits per heavy atom. The van der Waals surface area contributed by atoms with E-state index >= 15 is 0 Å². The lowest BCUT2D eigenvalue weighted by Crippen LogP contribution is -2.33. The van der Waals surface area contributed by atoms with E-state index in [1.807, 2.05) is 0 Å². The Hall–Kier alpha value is -2.31. The first-order chi connectivity index (χ1) is 10.0. The molecule has 1 aliphatic carbocycles. The van der Waals surface area contributed by atoms with Gasteiger partial charge in [0.1, 0.15) is 0 Å². The standard InChI is InChI=1S/C15H12N2O3S/c1-7(16)15(20)17-10-6-21-14-11(10)12(18)8-4-2-3-5-9(8)13(14)19/h2-7H,16H2,1H3,(H,17,20)/t7-/m0/s1. The maximum Gasteiger partial charge on any atom is 0.241 e. The largest absolute Gasteiger partial charge is 0.323 e. The third-order valence-electron chi connectivity index (χ3n) is 3.31. The van der Waals surface area contributed by atoms with Gasteiger partial charge in [0.25, 0.3) is 0 Å². The molecule has 0 aliphatic heterocycles. The van der Waals surface area contributed by atoms with Crippen molar-refractivity contribution in [2.24, 2.45) is 5.73 Å². The summed E-state index contributed by atoms with van der Waals surface area (Å²) in [5.41, 5.74) is 6.89. The van der Waals surface area contributed by atoms with Gasteiger partial charge in [0.2, 0.25) is 11.7 Å². The normalized spacial score (nSPS) is 14.4. The molecule has 1 heterocycles. The molecule has 0 bridgehead atoms. The van der Waals surface area contributed by atoms with Gasteiger partial charge in [-0.1, -0.05) is 24.3 Å². The molecule has 5 nitrogen and oxygen atoms in total. The van der Waals surface area contributed by atoms with Crippen LogP contribution in [-0.2, 0) is 4.79 Å². The van der Waals surface area contributed by atoms with Gasteiger partial charge in [-0.25, -0.2) is 0 Å². The number of anilines is 1. The quantitative estimate of drug-likeness (QED) is 0.755. The average molecular weight is 300 g/mol. The number of rotatable bonds is 2. The van der Waals surface area contributed by atoms with Crippen molar-refractivity contribution in [2.45, 2.75) is 13.0 Å². The molecule has 0 saturated heterocycles. The molecule has 2 aromatic rings. The number of nitrogens with one attached hydrogen (secondary N) is 1. The van der Waals surface area contributed by atoms with Gasteiger partial charge in [0, 0.05) is 16.5 Å². The van der Waals surface area contributed by atoms with E-state index < -0.39 is 11.9 Å². The summed E-state index contributed by atoms with van der Waals surface area (Å²) in [5, 5.41) is 4.21. The first-order valence-electron chi connectivity index (χ1n) is 6.37. The number of hydrogen-bond acceptors (Lipinski definition) is 5. The fourth-order valence-electron chi connectivity index (χ4n) is 2.23. The zero-order valence-electron chi connectivity index (χ0n) is 11.2. The van der Waals surface area contributed by atoms with Crippen molar-refractivity contribution < 1.29 is 14.4 Å². The molecule has 1 amide bonds. The number of fused-ring (bicyclic) bond motifs is 2. The van der Waals surface area contributed by atoms with Crippen molar-refractivity contribution in [3.8, 4) is 0 Å². The fraction of sp³-hybridized carbons (Fsp3) is 0.133. The molecule has 21 heavy (non-hydrogen) atoms. The van der Waals surface area contributed by atoms with E-state index in [1.54, 1.807) is 36.6 Å². The summed E-state index contributed by atoms with van der Waals surface area (Å²) in [6.07, 6.45) is 0. The van der Waals surface area contributed by atoms with Crippen LogP contribution in [0.3, 0.4) is 0 Å². The Labute approximate surface area is 124 Å². The highest BCUT2D eigenvalue weighted by molar-refractivity contribution is 7.13. The van der Waals surface area contributed by atoms with Crippen LogP contribution in [0.2, 0.25) is 0 Å². The van der Waals surface area contributed by atoms with E-state index in [4.69, 9.17) is 5.73 Å². The van der Waals surface area contributed by atoms with Crippen LogP contribution in [0.4, 0.5) is 5.69 Å². The summed E-state index contributed by atoms with van der Waals surface area (Å²) in [6, 6.07) is 6.00. The monoisotopic (exact) mass is 300 g/mol. The molecule has 3 N–H and O–H groups in total. The number of amides is 1. The van der Waals surface area contributed by atoms with Crippen LogP contribution < -0.4 is 11.1 Å². The Balaban J connectivity index is 2.09. The summed E-state index contributed by atoms with van der Waals surface area (Å²) < 4.78 is 0. The van der Waals surface area contributed by atoms with E-state index in [0.717, 1.165) is 11.3 Å². The highest BCUT2D eigenvalue weighted by atomic mass is 32.1. The van der Waals surface area contributed by atoms with Crippen LogP contribution >= 0.6 is 11.3 Å². The Bertz CT molecular complexity index is 777. The summed E-state index contributed by atoms with van der Waals surface area (Å²) in [6.45, 7) is 1.55. The minimum atomic E-state index is -0.692. The van der Waals surface area contributed by atoms with Crippen molar-refractivity contribution in [3.05, 3.63) is 51.2 Å². The summed E-state index contributed by atoms with van der Waals surface area (Å²) in [7, 11) is 0. The first-order valence-corrected chi connectivity index (χ1v) is 7.25. The third-order valence-corrected chi connectivity index (χ3v) is 4.29. The van der Waals surface area contributed by atoms with Crippen molar-refractivity contribution in [1.29, 1.82) is 0 Å².